The van der Waals surface area contributed by atoms with Crippen molar-refractivity contribution in [2.75, 3.05) is 16.8 Å². The van der Waals surface area contributed by atoms with Gasteiger partial charge in [0.15, 0.2) is 0 Å². The summed E-state index contributed by atoms with van der Waals surface area (Å²) in [6.45, 7) is 0. The zero-order valence-electron chi connectivity index (χ0n) is 30.9. The van der Waals surface area contributed by atoms with E-state index in [1.54, 1.807) is 0 Å². The quantitative estimate of drug-likeness (QED) is 0.174. The topological polar surface area (TPSA) is 6.48 Å². The predicted octanol–water partition coefficient (Wildman–Crippen LogP) is 15.4. The molecule has 0 saturated heterocycles. The summed E-state index contributed by atoms with van der Waals surface area (Å²) in [5.74, 6) is 0. The van der Waals surface area contributed by atoms with Crippen LogP contribution in [0.4, 0.5) is 28.4 Å². The molecule has 264 valence electrons. The molecular formula is C53H36N2S. The molecule has 56 heavy (non-hydrogen) atoms. The summed E-state index contributed by atoms with van der Waals surface area (Å²) in [6.07, 6.45) is 0. The Morgan fingerprint density at radius 1 is 0.357 bits per heavy atom. The van der Waals surface area contributed by atoms with Gasteiger partial charge in [-0.05, 0) is 97.7 Å². The molecule has 0 saturated carbocycles. The van der Waals surface area contributed by atoms with Crippen LogP contribution < -0.4 is 9.80 Å². The summed E-state index contributed by atoms with van der Waals surface area (Å²) in [4.78, 5) is 4.78. The SMILES string of the molecule is CN1c2cc(-c3ccccc3)ccc2N(c2ccc(-c3ccc(-c4cccc5c4sc4ccccc45)cc3)cc2)c2ccc(-c3cccc4ccccc34)cc21. The van der Waals surface area contributed by atoms with E-state index >= 15 is 0 Å². The fraction of sp³-hybridized carbons (Fsp3) is 0.0189. The van der Waals surface area contributed by atoms with E-state index < -0.39 is 0 Å². The Hall–Kier alpha value is -6.94. The van der Waals surface area contributed by atoms with Crippen LogP contribution in [0, 0.1) is 0 Å². The van der Waals surface area contributed by atoms with Gasteiger partial charge in [-0.15, -0.1) is 11.3 Å². The second-order valence-corrected chi connectivity index (χ2v) is 15.7. The molecular weight excluding hydrogens is 697 g/mol. The van der Waals surface area contributed by atoms with Gasteiger partial charge in [0.1, 0.15) is 0 Å². The largest absolute Gasteiger partial charge is 0.341 e. The fourth-order valence-corrected chi connectivity index (χ4v) is 9.81. The van der Waals surface area contributed by atoms with Crippen LogP contribution >= 0.6 is 11.3 Å². The van der Waals surface area contributed by atoms with Gasteiger partial charge in [-0.25, -0.2) is 0 Å². The highest BCUT2D eigenvalue weighted by molar-refractivity contribution is 7.26. The minimum Gasteiger partial charge on any atom is -0.341 e. The molecule has 1 aliphatic rings. The lowest BCUT2D eigenvalue weighted by atomic mass is 9.95. The van der Waals surface area contributed by atoms with Crippen molar-refractivity contribution in [2.45, 2.75) is 0 Å². The first-order valence-corrected chi connectivity index (χ1v) is 20.0. The van der Waals surface area contributed by atoms with E-state index in [2.05, 4.69) is 217 Å². The summed E-state index contributed by atoms with van der Waals surface area (Å²) in [7, 11) is 2.20. The second kappa shape index (κ2) is 13.1. The van der Waals surface area contributed by atoms with Crippen LogP contribution in [0.25, 0.3) is 75.5 Å². The van der Waals surface area contributed by atoms with Crippen LogP contribution in [-0.4, -0.2) is 7.05 Å². The lowest BCUT2D eigenvalue weighted by Crippen LogP contribution is -2.24. The summed E-state index contributed by atoms with van der Waals surface area (Å²) in [5.41, 5.74) is 15.6. The van der Waals surface area contributed by atoms with E-state index in [0.29, 0.717) is 0 Å². The highest BCUT2D eigenvalue weighted by Crippen LogP contribution is 2.53. The third-order valence-electron chi connectivity index (χ3n) is 11.4. The average molecular weight is 733 g/mol. The molecule has 0 spiro atoms. The van der Waals surface area contributed by atoms with Crippen molar-refractivity contribution in [3.63, 3.8) is 0 Å². The summed E-state index contributed by atoms with van der Waals surface area (Å²) >= 11 is 1.88. The molecule has 1 aromatic heterocycles. The van der Waals surface area contributed by atoms with Crippen LogP contribution in [0.3, 0.4) is 0 Å². The van der Waals surface area contributed by atoms with Gasteiger partial charge in [-0.1, -0.05) is 158 Å². The van der Waals surface area contributed by atoms with Gasteiger partial charge < -0.3 is 9.80 Å². The number of nitrogens with zero attached hydrogens (tertiary/aromatic N) is 2. The molecule has 9 aromatic carbocycles. The van der Waals surface area contributed by atoms with Crippen molar-refractivity contribution in [3.8, 4) is 44.5 Å². The number of anilines is 5. The van der Waals surface area contributed by atoms with E-state index in [4.69, 9.17) is 0 Å². The summed E-state index contributed by atoms with van der Waals surface area (Å²) in [6, 6.07) is 73.2. The highest BCUT2D eigenvalue weighted by Gasteiger charge is 2.29. The molecule has 0 N–H and O–H groups in total. The smallest absolute Gasteiger partial charge is 0.0700 e. The normalized spacial score (nSPS) is 12.3. The Morgan fingerprint density at radius 3 is 1.68 bits per heavy atom. The number of benzene rings is 9. The van der Waals surface area contributed by atoms with Crippen LogP contribution in [0.5, 0.6) is 0 Å². The third-order valence-corrected chi connectivity index (χ3v) is 12.6. The van der Waals surface area contributed by atoms with Crippen molar-refractivity contribution in [1.29, 1.82) is 0 Å². The first kappa shape index (κ1) is 32.5. The molecule has 11 rings (SSSR count). The molecule has 3 heteroatoms. The van der Waals surface area contributed by atoms with Gasteiger partial charge in [0.2, 0.25) is 0 Å². The van der Waals surface area contributed by atoms with Crippen molar-refractivity contribution in [3.05, 3.63) is 200 Å². The molecule has 1 aliphatic heterocycles. The molecule has 0 amide bonds. The Labute approximate surface area is 330 Å². The molecule has 0 atom stereocenters. The Bertz CT molecular complexity index is 3080. The van der Waals surface area contributed by atoms with Crippen LogP contribution in [0.2, 0.25) is 0 Å². The second-order valence-electron chi connectivity index (χ2n) is 14.6. The molecule has 2 heterocycles. The molecule has 0 bridgehead atoms. The lowest BCUT2D eigenvalue weighted by molar-refractivity contribution is 1.13. The van der Waals surface area contributed by atoms with E-state index in [1.807, 2.05) is 11.3 Å². The highest BCUT2D eigenvalue weighted by atomic mass is 32.1. The fourth-order valence-electron chi connectivity index (χ4n) is 8.57. The van der Waals surface area contributed by atoms with E-state index in [-0.39, 0.29) is 0 Å². The number of rotatable bonds is 5. The molecule has 2 nitrogen and oxygen atoms in total. The van der Waals surface area contributed by atoms with Crippen LogP contribution in [-0.2, 0) is 0 Å². The standard InChI is InChI=1S/C53H36N2S/c1-54-50-33-40(35-11-3-2-4-12-35)27-31-48(50)55(49-32-28-41(34-51(49)54)44-17-9-14-38-13-5-6-15-43(38)44)42-29-25-37(26-30-42)36-21-23-39(24-22-36)45-18-10-19-47-46-16-7-8-20-52(46)56-53(45)47/h2-34H,1H3. The maximum atomic E-state index is 2.42. The molecule has 0 fully saturated rings. The first-order valence-electron chi connectivity index (χ1n) is 19.1. The Kier molecular flexibility index (Phi) is 7.61. The van der Waals surface area contributed by atoms with Gasteiger partial charge in [-0.2, -0.15) is 0 Å². The van der Waals surface area contributed by atoms with Crippen molar-refractivity contribution in [1.82, 2.24) is 0 Å². The van der Waals surface area contributed by atoms with Crippen molar-refractivity contribution >= 4 is 70.7 Å². The zero-order valence-corrected chi connectivity index (χ0v) is 31.7. The lowest BCUT2D eigenvalue weighted by Gasteiger charge is -2.39. The summed E-state index contributed by atoms with van der Waals surface area (Å²) in [5, 5.41) is 5.17. The molecule has 0 unspecified atom stereocenters. The Morgan fingerprint density at radius 2 is 0.893 bits per heavy atom. The van der Waals surface area contributed by atoms with Gasteiger partial charge in [0.05, 0.1) is 22.7 Å². The predicted molar refractivity (Wildman–Crippen MR) is 241 cm³/mol. The van der Waals surface area contributed by atoms with Gasteiger partial charge >= 0.3 is 0 Å². The Balaban J connectivity index is 0.981. The third kappa shape index (κ3) is 5.31. The van der Waals surface area contributed by atoms with Gasteiger partial charge in [0.25, 0.3) is 0 Å². The van der Waals surface area contributed by atoms with E-state index in [0.717, 1.165) is 17.1 Å². The number of hydrogen-bond acceptors (Lipinski definition) is 3. The van der Waals surface area contributed by atoms with E-state index in [1.165, 1.54) is 86.8 Å². The minimum absolute atomic E-state index is 1.13. The van der Waals surface area contributed by atoms with Gasteiger partial charge in [0, 0.05) is 32.9 Å². The van der Waals surface area contributed by atoms with Crippen molar-refractivity contribution < 1.29 is 0 Å². The molecule has 0 radical (unpaired) electrons. The minimum atomic E-state index is 1.13. The maximum Gasteiger partial charge on any atom is 0.0700 e. The van der Waals surface area contributed by atoms with Gasteiger partial charge in [-0.3, -0.25) is 0 Å². The van der Waals surface area contributed by atoms with E-state index in [9.17, 15) is 0 Å². The zero-order chi connectivity index (χ0) is 37.2. The molecule has 0 aliphatic carbocycles. The summed E-state index contributed by atoms with van der Waals surface area (Å²) < 4.78 is 2.68. The number of fused-ring (bicyclic) bond motifs is 6. The number of thiophene rings is 1. The van der Waals surface area contributed by atoms with Crippen LogP contribution in [0.1, 0.15) is 0 Å². The molecule has 10 aromatic rings. The first-order chi connectivity index (χ1) is 27.7. The van der Waals surface area contributed by atoms with Crippen molar-refractivity contribution in [2.24, 2.45) is 0 Å². The van der Waals surface area contributed by atoms with Crippen LogP contribution in [0.15, 0.2) is 200 Å². The monoisotopic (exact) mass is 732 g/mol. The maximum absolute atomic E-state index is 2.42. The average Bonchev–Trinajstić information content (AvgIpc) is 3.66. The number of hydrogen-bond donors (Lipinski definition) is 0.